The highest BCUT2D eigenvalue weighted by Gasteiger charge is 2.15. The van der Waals surface area contributed by atoms with E-state index >= 15 is 0 Å². The summed E-state index contributed by atoms with van der Waals surface area (Å²) in [7, 11) is 0. The Morgan fingerprint density at radius 1 is 0.722 bits per heavy atom. The van der Waals surface area contributed by atoms with Gasteiger partial charge in [0.05, 0.1) is 30.1 Å². The molecule has 0 unspecified atom stereocenters. The molecule has 6 heteroatoms. The highest BCUT2D eigenvalue weighted by atomic mass is 35.5. The number of hydrogen-bond donors (Lipinski definition) is 0. The topological polar surface area (TPSA) is 0 Å². The third kappa shape index (κ3) is 2.70. The average molecular weight is 360 g/mol. The zero-order chi connectivity index (χ0) is 13.4. The van der Waals surface area contributed by atoms with Gasteiger partial charge in [-0.15, -0.1) is 0 Å². The fraction of sp³-hybridized carbons (Fsp3) is 0. The van der Waals surface area contributed by atoms with Crippen molar-refractivity contribution in [3.8, 4) is 11.1 Å². The number of rotatable bonds is 1. The molecular weight excluding hydrogens is 357 g/mol. The van der Waals surface area contributed by atoms with Crippen LogP contribution in [0, 0.1) is 6.07 Å². The average Bonchev–Trinajstić information content (AvgIpc) is 2.31. The summed E-state index contributed by atoms with van der Waals surface area (Å²) in [5, 5.41) is 1.89. The van der Waals surface area contributed by atoms with Crippen LogP contribution in [0.1, 0.15) is 0 Å². The molecule has 18 heavy (non-hydrogen) atoms. The highest BCUT2D eigenvalue weighted by Crippen LogP contribution is 2.42. The summed E-state index contributed by atoms with van der Waals surface area (Å²) in [5.74, 6) is 0. The summed E-state index contributed by atoms with van der Waals surface area (Å²) in [4.78, 5) is 0. The quantitative estimate of drug-likeness (QED) is 0.377. The van der Waals surface area contributed by atoms with Gasteiger partial charge in [0.25, 0.3) is 0 Å². The van der Waals surface area contributed by atoms with E-state index in [0.717, 1.165) is 0 Å². The Morgan fingerprint density at radius 3 is 1.83 bits per heavy atom. The second-order valence-corrected chi connectivity index (χ2v) is 5.75. The second-order valence-electron chi connectivity index (χ2n) is 3.39. The molecule has 0 saturated carbocycles. The molecule has 0 saturated heterocycles. The van der Waals surface area contributed by atoms with E-state index in [9.17, 15) is 0 Å². The lowest BCUT2D eigenvalue weighted by molar-refractivity contribution is 1.60. The minimum atomic E-state index is 0.278. The zero-order valence-electron chi connectivity index (χ0n) is 8.50. The Balaban J connectivity index is 2.74. The van der Waals surface area contributed by atoms with Crippen molar-refractivity contribution in [3.63, 3.8) is 0 Å². The molecule has 0 aliphatic heterocycles. The molecule has 0 aromatic heterocycles. The normalized spacial score (nSPS) is 10.8. The molecular formula is C12H3Cl6. The molecule has 0 amide bonds. The van der Waals surface area contributed by atoms with Crippen molar-refractivity contribution in [2.24, 2.45) is 0 Å². The van der Waals surface area contributed by atoms with Gasteiger partial charge in [0, 0.05) is 11.6 Å². The smallest absolute Gasteiger partial charge is 0.0778 e. The van der Waals surface area contributed by atoms with E-state index in [0.29, 0.717) is 36.2 Å². The first-order valence-corrected chi connectivity index (χ1v) is 6.88. The molecule has 0 heterocycles. The third-order valence-corrected chi connectivity index (χ3v) is 4.53. The first kappa shape index (κ1) is 14.6. The molecule has 1 radical (unpaired) electrons. The Labute approximate surface area is 134 Å². The van der Waals surface area contributed by atoms with E-state index in [1.807, 2.05) is 0 Å². The second kappa shape index (κ2) is 5.66. The minimum absolute atomic E-state index is 0.278. The predicted molar refractivity (Wildman–Crippen MR) is 80.8 cm³/mol. The standard InChI is InChI=1S/C12H3Cl6/c13-6-1-2-7(14)12(18)10(6)5-3-8(15)11(17)9(16)4-5/h2-4H. The Bertz CT molecular complexity index is 597. The van der Waals surface area contributed by atoms with Gasteiger partial charge in [-0.3, -0.25) is 0 Å². The van der Waals surface area contributed by atoms with Crippen LogP contribution in [0.3, 0.4) is 0 Å². The predicted octanol–water partition coefficient (Wildman–Crippen LogP) is 7.07. The van der Waals surface area contributed by atoms with Crippen LogP contribution in [0.25, 0.3) is 11.1 Å². The van der Waals surface area contributed by atoms with E-state index in [1.165, 1.54) is 6.07 Å². The van der Waals surface area contributed by atoms with Crippen LogP contribution in [0.2, 0.25) is 30.1 Å². The monoisotopic (exact) mass is 357 g/mol. The summed E-state index contributed by atoms with van der Waals surface area (Å²) >= 11 is 35.9. The molecule has 0 N–H and O–H groups in total. The maximum atomic E-state index is 6.12. The SMILES string of the molecule is Clc1[c]cc(Cl)c(Cl)c1-c1cc(Cl)c(Cl)c(Cl)c1. The molecule has 2 aromatic carbocycles. The Hall–Kier alpha value is 0.180. The maximum Gasteiger partial charge on any atom is 0.0778 e. The number of benzene rings is 2. The zero-order valence-corrected chi connectivity index (χ0v) is 13.0. The van der Waals surface area contributed by atoms with Crippen molar-refractivity contribution in [2.75, 3.05) is 0 Å². The van der Waals surface area contributed by atoms with Crippen molar-refractivity contribution < 1.29 is 0 Å². The third-order valence-electron chi connectivity index (χ3n) is 2.25. The number of halogens is 6. The lowest BCUT2D eigenvalue weighted by Crippen LogP contribution is -1.85. The van der Waals surface area contributed by atoms with Crippen LogP contribution >= 0.6 is 69.6 Å². The van der Waals surface area contributed by atoms with Gasteiger partial charge in [-0.1, -0.05) is 69.6 Å². The molecule has 2 rings (SSSR count). The van der Waals surface area contributed by atoms with Gasteiger partial charge < -0.3 is 0 Å². The van der Waals surface area contributed by atoms with Crippen molar-refractivity contribution >= 4 is 69.6 Å². The minimum Gasteiger partial charge on any atom is -0.0829 e. The largest absolute Gasteiger partial charge is 0.0829 e. The molecule has 0 aliphatic rings. The number of hydrogen-bond acceptors (Lipinski definition) is 0. The first-order valence-electron chi connectivity index (χ1n) is 4.62. The molecule has 0 spiro atoms. The molecule has 0 fully saturated rings. The molecule has 0 atom stereocenters. The fourth-order valence-corrected chi connectivity index (χ4v) is 2.74. The molecule has 93 valence electrons. The highest BCUT2D eigenvalue weighted by molar-refractivity contribution is 6.49. The van der Waals surface area contributed by atoms with Gasteiger partial charge in [0.15, 0.2) is 0 Å². The van der Waals surface area contributed by atoms with Crippen LogP contribution in [-0.2, 0) is 0 Å². The van der Waals surface area contributed by atoms with Crippen LogP contribution < -0.4 is 0 Å². The lowest BCUT2D eigenvalue weighted by atomic mass is 10.1. The molecule has 0 bridgehead atoms. The Morgan fingerprint density at radius 2 is 1.28 bits per heavy atom. The van der Waals surface area contributed by atoms with Gasteiger partial charge in [-0.2, -0.15) is 0 Å². The van der Waals surface area contributed by atoms with Gasteiger partial charge in [0.1, 0.15) is 0 Å². The van der Waals surface area contributed by atoms with Crippen LogP contribution in [-0.4, -0.2) is 0 Å². The van der Waals surface area contributed by atoms with Crippen molar-refractivity contribution in [2.45, 2.75) is 0 Å². The molecule has 2 aromatic rings. The molecule has 0 nitrogen and oxygen atoms in total. The van der Waals surface area contributed by atoms with Gasteiger partial charge >= 0.3 is 0 Å². The van der Waals surface area contributed by atoms with Crippen LogP contribution in [0.15, 0.2) is 18.2 Å². The van der Waals surface area contributed by atoms with E-state index in [4.69, 9.17) is 69.6 Å². The maximum absolute atomic E-state index is 6.12. The summed E-state index contributed by atoms with van der Waals surface area (Å²) in [6.45, 7) is 0. The van der Waals surface area contributed by atoms with E-state index in [1.54, 1.807) is 12.1 Å². The van der Waals surface area contributed by atoms with Crippen molar-refractivity contribution in [1.29, 1.82) is 0 Å². The van der Waals surface area contributed by atoms with E-state index in [2.05, 4.69) is 6.07 Å². The van der Waals surface area contributed by atoms with E-state index < -0.39 is 0 Å². The molecule has 0 aliphatic carbocycles. The van der Waals surface area contributed by atoms with Crippen molar-refractivity contribution in [1.82, 2.24) is 0 Å². The Kier molecular flexibility index (Phi) is 4.59. The first-order chi connectivity index (χ1) is 8.41. The lowest BCUT2D eigenvalue weighted by Gasteiger charge is -2.10. The summed E-state index contributed by atoms with van der Waals surface area (Å²) in [6, 6.07) is 7.52. The van der Waals surface area contributed by atoms with Gasteiger partial charge in [-0.05, 0) is 23.8 Å². The summed E-state index contributed by atoms with van der Waals surface area (Å²) in [5.41, 5.74) is 1.15. The summed E-state index contributed by atoms with van der Waals surface area (Å²) in [6.07, 6.45) is 0. The van der Waals surface area contributed by atoms with Crippen molar-refractivity contribution in [3.05, 3.63) is 54.4 Å². The fourth-order valence-electron chi connectivity index (χ4n) is 1.43. The van der Waals surface area contributed by atoms with Crippen LogP contribution in [0.5, 0.6) is 0 Å². The summed E-state index contributed by atoms with van der Waals surface area (Å²) < 4.78 is 0. The van der Waals surface area contributed by atoms with Gasteiger partial charge in [0.2, 0.25) is 0 Å². The van der Waals surface area contributed by atoms with Crippen LogP contribution in [0.4, 0.5) is 0 Å². The van der Waals surface area contributed by atoms with E-state index in [-0.39, 0.29) is 5.02 Å². The van der Waals surface area contributed by atoms with Gasteiger partial charge in [-0.25, -0.2) is 0 Å².